The van der Waals surface area contributed by atoms with Crippen LogP contribution in [0.4, 0.5) is 0 Å². The van der Waals surface area contributed by atoms with Crippen LogP contribution < -0.4 is 4.74 Å². The van der Waals surface area contributed by atoms with E-state index >= 15 is 0 Å². The van der Waals surface area contributed by atoms with E-state index in [2.05, 4.69) is 18.8 Å². The van der Waals surface area contributed by atoms with Crippen molar-refractivity contribution in [3.63, 3.8) is 0 Å². The molecule has 1 saturated heterocycles. The van der Waals surface area contributed by atoms with Crippen LogP contribution in [0.3, 0.4) is 0 Å². The third-order valence-corrected chi connectivity index (χ3v) is 3.62. The maximum absolute atomic E-state index is 5.84. The highest BCUT2D eigenvalue weighted by atomic mass is 16.6. The molecule has 1 fully saturated rings. The van der Waals surface area contributed by atoms with Gasteiger partial charge >= 0.3 is 0 Å². The van der Waals surface area contributed by atoms with E-state index in [1.165, 1.54) is 0 Å². The lowest BCUT2D eigenvalue weighted by molar-refractivity contribution is 0.251. The number of epoxide rings is 1. The van der Waals surface area contributed by atoms with Crippen molar-refractivity contribution in [3.8, 4) is 5.75 Å². The molecule has 1 aromatic rings. The third kappa shape index (κ3) is 2.10. The first-order valence-corrected chi connectivity index (χ1v) is 6.49. The summed E-state index contributed by atoms with van der Waals surface area (Å²) in [7, 11) is 1.66. The number of methoxy groups -OCH3 is 1. The molecule has 4 nitrogen and oxygen atoms in total. The fourth-order valence-electron chi connectivity index (χ4n) is 2.38. The van der Waals surface area contributed by atoms with E-state index in [-0.39, 0.29) is 11.6 Å². The maximum atomic E-state index is 5.84. The summed E-state index contributed by atoms with van der Waals surface area (Å²) >= 11 is 0. The Labute approximate surface area is 113 Å². The molecule has 3 rings (SSSR count). The largest absolute Gasteiger partial charge is 0.497 e. The number of nitrogens with zero attached hydrogens (tertiary/aromatic N) is 1. The molecule has 0 spiro atoms. The molecule has 0 bridgehead atoms. The number of hydrogen-bond acceptors (Lipinski definition) is 4. The molecule has 1 aromatic carbocycles. The van der Waals surface area contributed by atoms with Gasteiger partial charge in [0, 0.05) is 0 Å². The average Bonchev–Trinajstić information content (AvgIpc) is 2.94. The van der Waals surface area contributed by atoms with Gasteiger partial charge in [-0.3, -0.25) is 0 Å². The minimum absolute atomic E-state index is 0.0195. The van der Waals surface area contributed by atoms with E-state index in [1.54, 1.807) is 7.11 Å². The molecule has 2 aliphatic rings. The first-order chi connectivity index (χ1) is 8.94. The lowest BCUT2D eigenvalue weighted by Crippen LogP contribution is -2.21. The van der Waals surface area contributed by atoms with Crippen LogP contribution in [0.1, 0.15) is 32.4 Å². The van der Waals surface area contributed by atoms with E-state index in [4.69, 9.17) is 14.2 Å². The Hall–Kier alpha value is -1.55. The highest BCUT2D eigenvalue weighted by molar-refractivity contribution is 5.90. The molecule has 4 heteroatoms. The molecule has 0 unspecified atom stereocenters. The molecule has 0 saturated carbocycles. The first-order valence-electron chi connectivity index (χ1n) is 6.49. The molecule has 2 aliphatic heterocycles. The molecule has 0 radical (unpaired) electrons. The first kappa shape index (κ1) is 12.5. The Morgan fingerprint density at radius 2 is 1.89 bits per heavy atom. The zero-order chi connectivity index (χ0) is 13.7. The van der Waals surface area contributed by atoms with Crippen LogP contribution in [0, 0.1) is 0 Å². The van der Waals surface area contributed by atoms with Crippen molar-refractivity contribution >= 4 is 5.90 Å². The van der Waals surface area contributed by atoms with E-state index < -0.39 is 5.60 Å². The summed E-state index contributed by atoms with van der Waals surface area (Å²) in [6.07, 6.45) is 0.0195. The minimum Gasteiger partial charge on any atom is -0.497 e. The Morgan fingerprint density at radius 3 is 2.42 bits per heavy atom. The van der Waals surface area contributed by atoms with Gasteiger partial charge in [0.25, 0.3) is 0 Å². The third-order valence-electron chi connectivity index (χ3n) is 3.62. The molecule has 19 heavy (non-hydrogen) atoms. The van der Waals surface area contributed by atoms with Crippen molar-refractivity contribution in [1.29, 1.82) is 0 Å². The predicted octanol–water partition coefficient (Wildman–Crippen LogP) is 2.73. The SMILES string of the molecule is COc1ccc([C@H]2O[C@@]2(C)C2=NC(C)(C)CO2)cc1. The van der Waals surface area contributed by atoms with Gasteiger partial charge in [-0.15, -0.1) is 0 Å². The molecular formula is C15H19NO3. The smallest absolute Gasteiger partial charge is 0.220 e. The maximum Gasteiger partial charge on any atom is 0.220 e. The molecule has 2 heterocycles. The molecule has 0 aromatic heterocycles. The fraction of sp³-hybridized carbons (Fsp3) is 0.533. The van der Waals surface area contributed by atoms with Crippen LogP contribution in [0.5, 0.6) is 5.75 Å². The number of rotatable bonds is 3. The Kier molecular flexibility index (Phi) is 2.61. The summed E-state index contributed by atoms with van der Waals surface area (Å²) in [6.45, 7) is 6.78. The van der Waals surface area contributed by atoms with Crippen LogP contribution in [0.2, 0.25) is 0 Å². The second kappa shape index (κ2) is 3.97. The summed E-state index contributed by atoms with van der Waals surface area (Å²) in [6, 6.07) is 7.93. The highest BCUT2D eigenvalue weighted by Crippen LogP contribution is 2.52. The molecule has 0 aliphatic carbocycles. The Morgan fingerprint density at radius 1 is 1.21 bits per heavy atom. The topological polar surface area (TPSA) is 43.3 Å². The average molecular weight is 261 g/mol. The molecule has 0 N–H and O–H groups in total. The van der Waals surface area contributed by atoms with Crippen LogP contribution in [0.15, 0.2) is 29.3 Å². The van der Waals surface area contributed by atoms with Crippen molar-refractivity contribution in [2.75, 3.05) is 13.7 Å². The quantitative estimate of drug-likeness (QED) is 0.786. The summed E-state index contributed by atoms with van der Waals surface area (Å²) in [5, 5.41) is 0. The second-order valence-electron chi connectivity index (χ2n) is 5.90. The van der Waals surface area contributed by atoms with Gasteiger partial charge in [0.15, 0.2) is 5.60 Å². The van der Waals surface area contributed by atoms with Crippen LogP contribution in [-0.2, 0) is 9.47 Å². The molecular weight excluding hydrogens is 242 g/mol. The van der Waals surface area contributed by atoms with Crippen molar-refractivity contribution in [2.24, 2.45) is 4.99 Å². The van der Waals surface area contributed by atoms with Gasteiger partial charge in [-0.05, 0) is 38.5 Å². The second-order valence-corrected chi connectivity index (χ2v) is 5.90. The lowest BCUT2D eigenvalue weighted by Gasteiger charge is -2.07. The van der Waals surface area contributed by atoms with E-state index in [9.17, 15) is 0 Å². The number of benzene rings is 1. The number of hydrogen-bond donors (Lipinski definition) is 0. The van der Waals surface area contributed by atoms with Gasteiger partial charge < -0.3 is 14.2 Å². The predicted molar refractivity (Wildman–Crippen MR) is 72.7 cm³/mol. The van der Waals surface area contributed by atoms with Gasteiger partial charge in [0.05, 0.1) is 12.6 Å². The zero-order valence-electron chi connectivity index (χ0n) is 11.8. The summed E-state index contributed by atoms with van der Waals surface area (Å²) in [5.41, 5.74) is 0.566. The van der Waals surface area contributed by atoms with Crippen LogP contribution >= 0.6 is 0 Å². The van der Waals surface area contributed by atoms with Gasteiger partial charge in [-0.25, -0.2) is 4.99 Å². The van der Waals surface area contributed by atoms with E-state index in [1.807, 2.05) is 31.2 Å². The van der Waals surface area contributed by atoms with Crippen molar-refractivity contribution in [1.82, 2.24) is 0 Å². The molecule has 0 amide bonds. The zero-order valence-corrected chi connectivity index (χ0v) is 11.8. The molecule has 2 atom stereocenters. The van der Waals surface area contributed by atoms with E-state index in [0.717, 1.165) is 17.2 Å². The van der Waals surface area contributed by atoms with Crippen LogP contribution in [-0.4, -0.2) is 30.8 Å². The Balaban J connectivity index is 1.79. The monoisotopic (exact) mass is 261 g/mol. The van der Waals surface area contributed by atoms with Crippen LogP contribution in [0.25, 0.3) is 0 Å². The standard InChI is InChI=1S/C15H19NO3/c1-14(2)9-18-13(16-14)15(3)12(19-15)10-5-7-11(17-4)8-6-10/h5-8,12H,9H2,1-4H3/t12-,15-/m1/s1. The van der Waals surface area contributed by atoms with Crippen molar-refractivity contribution in [2.45, 2.75) is 38.0 Å². The summed E-state index contributed by atoms with van der Waals surface area (Å²) < 4.78 is 16.7. The highest BCUT2D eigenvalue weighted by Gasteiger charge is 2.60. The summed E-state index contributed by atoms with van der Waals surface area (Å²) in [5.74, 6) is 1.57. The van der Waals surface area contributed by atoms with Crippen molar-refractivity contribution in [3.05, 3.63) is 29.8 Å². The van der Waals surface area contributed by atoms with Gasteiger partial charge in [-0.2, -0.15) is 0 Å². The van der Waals surface area contributed by atoms with Gasteiger partial charge in [-0.1, -0.05) is 12.1 Å². The molecule has 102 valence electrons. The minimum atomic E-state index is -0.414. The van der Waals surface area contributed by atoms with E-state index in [0.29, 0.717) is 6.61 Å². The normalized spacial score (nSPS) is 31.6. The fourth-order valence-corrected chi connectivity index (χ4v) is 2.38. The Bertz CT molecular complexity index is 521. The number of ether oxygens (including phenoxy) is 3. The van der Waals surface area contributed by atoms with Crippen molar-refractivity contribution < 1.29 is 14.2 Å². The van der Waals surface area contributed by atoms with Gasteiger partial charge in [0.1, 0.15) is 18.5 Å². The summed E-state index contributed by atoms with van der Waals surface area (Å²) in [4.78, 5) is 4.61. The number of aliphatic imine (C=N–C) groups is 1. The van der Waals surface area contributed by atoms with Gasteiger partial charge in [0.2, 0.25) is 5.90 Å². The lowest BCUT2D eigenvalue weighted by atomic mass is 10.0.